The highest BCUT2D eigenvalue weighted by Gasteiger charge is 2.50. The van der Waals surface area contributed by atoms with Gasteiger partial charge in [-0.3, -0.25) is 4.79 Å². The van der Waals surface area contributed by atoms with Crippen LogP contribution >= 0.6 is 0 Å². The summed E-state index contributed by atoms with van der Waals surface area (Å²) in [6, 6.07) is 17.7. The summed E-state index contributed by atoms with van der Waals surface area (Å²) in [6.07, 6.45) is 1.55. The second kappa shape index (κ2) is 4.76. The van der Waals surface area contributed by atoms with Crippen LogP contribution in [0.1, 0.15) is 24.3 Å². The number of nitrogens with two attached hydrogens (primary N) is 1. The maximum absolute atomic E-state index is 11.6. The summed E-state index contributed by atoms with van der Waals surface area (Å²) in [5, 5.41) is 9.48. The van der Waals surface area contributed by atoms with E-state index in [9.17, 15) is 9.90 Å². The Balaban J connectivity index is 2.01. The molecule has 102 valence electrons. The lowest BCUT2D eigenvalue weighted by Crippen LogP contribution is -2.35. The smallest absolute Gasteiger partial charge is 0.312 e. The minimum atomic E-state index is -0.838. The zero-order valence-electron chi connectivity index (χ0n) is 11.1. The second-order valence-corrected chi connectivity index (χ2v) is 5.50. The fourth-order valence-electron chi connectivity index (χ4n) is 2.68. The Labute approximate surface area is 118 Å². The van der Waals surface area contributed by atoms with Gasteiger partial charge in [-0.1, -0.05) is 54.6 Å². The fourth-order valence-corrected chi connectivity index (χ4v) is 2.68. The third-order valence-electron chi connectivity index (χ3n) is 3.98. The van der Waals surface area contributed by atoms with Crippen molar-refractivity contribution in [3.63, 3.8) is 0 Å². The normalized spacial score (nSPS) is 17.4. The quantitative estimate of drug-likeness (QED) is 0.895. The standard InChI is InChI=1S/C17H17NO2/c18-17(9-10-17)15(16(19)20)14-8-4-7-13(11-14)12-5-2-1-3-6-12/h1-8,11,15H,9-10,18H2,(H,19,20). The van der Waals surface area contributed by atoms with Crippen LogP contribution in [0.3, 0.4) is 0 Å². The Morgan fingerprint density at radius 3 is 2.30 bits per heavy atom. The highest BCUT2D eigenvalue weighted by Crippen LogP contribution is 2.45. The van der Waals surface area contributed by atoms with E-state index in [2.05, 4.69) is 0 Å². The highest BCUT2D eigenvalue weighted by molar-refractivity contribution is 5.80. The monoisotopic (exact) mass is 267 g/mol. The molecular weight excluding hydrogens is 250 g/mol. The molecule has 3 rings (SSSR count). The highest BCUT2D eigenvalue weighted by atomic mass is 16.4. The number of carboxylic acid groups (broad SMARTS) is 1. The molecule has 3 nitrogen and oxygen atoms in total. The van der Waals surface area contributed by atoms with Gasteiger partial charge in [-0.25, -0.2) is 0 Å². The van der Waals surface area contributed by atoms with E-state index in [0.29, 0.717) is 0 Å². The first-order valence-corrected chi connectivity index (χ1v) is 6.77. The van der Waals surface area contributed by atoms with Crippen LogP contribution in [-0.2, 0) is 4.79 Å². The first-order chi connectivity index (χ1) is 9.60. The minimum absolute atomic E-state index is 0.568. The van der Waals surface area contributed by atoms with Crippen LogP contribution in [0, 0.1) is 0 Å². The SMILES string of the molecule is NC1(C(C(=O)O)c2cccc(-c3ccccc3)c2)CC1. The molecule has 1 aliphatic carbocycles. The van der Waals surface area contributed by atoms with E-state index >= 15 is 0 Å². The maximum atomic E-state index is 11.6. The van der Waals surface area contributed by atoms with Crippen molar-refractivity contribution < 1.29 is 9.90 Å². The van der Waals surface area contributed by atoms with Gasteiger partial charge < -0.3 is 10.8 Å². The second-order valence-electron chi connectivity index (χ2n) is 5.50. The molecule has 0 bridgehead atoms. The largest absolute Gasteiger partial charge is 0.481 e. The molecule has 0 heterocycles. The van der Waals surface area contributed by atoms with Crippen LogP contribution in [0.5, 0.6) is 0 Å². The number of benzene rings is 2. The molecule has 0 amide bonds. The average molecular weight is 267 g/mol. The van der Waals surface area contributed by atoms with E-state index in [1.54, 1.807) is 0 Å². The molecule has 1 saturated carbocycles. The van der Waals surface area contributed by atoms with Crippen molar-refractivity contribution >= 4 is 5.97 Å². The van der Waals surface area contributed by atoms with Gasteiger partial charge in [0.05, 0.1) is 5.92 Å². The topological polar surface area (TPSA) is 63.3 Å². The third-order valence-corrected chi connectivity index (χ3v) is 3.98. The molecule has 0 aromatic heterocycles. The lowest BCUT2D eigenvalue weighted by molar-refractivity contribution is -0.139. The molecule has 0 aliphatic heterocycles. The molecule has 2 aromatic rings. The molecule has 2 aromatic carbocycles. The number of rotatable bonds is 4. The van der Waals surface area contributed by atoms with Crippen molar-refractivity contribution in [2.24, 2.45) is 5.73 Å². The Bertz CT molecular complexity index is 632. The molecule has 1 atom stereocenters. The van der Waals surface area contributed by atoms with Crippen LogP contribution in [0.15, 0.2) is 54.6 Å². The molecular formula is C17H17NO2. The van der Waals surface area contributed by atoms with Crippen molar-refractivity contribution in [1.82, 2.24) is 0 Å². The van der Waals surface area contributed by atoms with Crippen LogP contribution in [0.4, 0.5) is 0 Å². The lowest BCUT2D eigenvalue weighted by Gasteiger charge is -2.20. The van der Waals surface area contributed by atoms with E-state index < -0.39 is 17.4 Å². The van der Waals surface area contributed by atoms with Crippen LogP contribution in [0.25, 0.3) is 11.1 Å². The van der Waals surface area contributed by atoms with Crippen molar-refractivity contribution in [1.29, 1.82) is 0 Å². The molecule has 0 radical (unpaired) electrons. The zero-order chi connectivity index (χ0) is 14.2. The molecule has 3 heteroatoms. The Hall–Kier alpha value is -2.13. The molecule has 1 aliphatic rings. The first kappa shape index (κ1) is 12.9. The van der Waals surface area contributed by atoms with Gasteiger partial charge in [-0.15, -0.1) is 0 Å². The van der Waals surface area contributed by atoms with E-state index in [1.807, 2.05) is 54.6 Å². The number of hydrogen-bond donors (Lipinski definition) is 2. The van der Waals surface area contributed by atoms with Crippen molar-refractivity contribution in [3.05, 3.63) is 60.2 Å². The van der Waals surface area contributed by atoms with E-state index in [-0.39, 0.29) is 0 Å². The summed E-state index contributed by atoms with van der Waals surface area (Å²) >= 11 is 0. The van der Waals surface area contributed by atoms with Crippen molar-refractivity contribution in [2.45, 2.75) is 24.3 Å². The van der Waals surface area contributed by atoms with E-state index in [4.69, 9.17) is 5.73 Å². The Kier molecular flexibility index (Phi) is 3.07. The van der Waals surface area contributed by atoms with Crippen LogP contribution in [0.2, 0.25) is 0 Å². The first-order valence-electron chi connectivity index (χ1n) is 6.77. The summed E-state index contributed by atoms with van der Waals surface area (Å²) in [4.78, 5) is 11.6. The Morgan fingerprint density at radius 2 is 1.70 bits per heavy atom. The molecule has 20 heavy (non-hydrogen) atoms. The summed E-state index contributed by atoms with van der Waals surface area (Å²) in [5.74, 6) is -1.46. The molecule has 3 N–H and O–H groups in total. The number of aliphatic carboxylic acids is 1. The summed E-state index contributed by atoms with van der Waals surface area (Å²) in [7, 11) is 0. The number of hydrogen-bond acceptors (Lipinski definition) is 2. The predicted octanol–water partition coefficient (Wildman–Crippen LogP) is 3.01. The maximum Gasteiger partial charge on any atom is 0.312 e. The molecule has 1 fully saturated rings. The number of carboxylic acids is 1. The van der Waals surface area contributed by atoms with Gasteiger partial charge >= 0.3 is 5.97 Å². The van der Waals surface area contributed by atoms with Crippen molar-refractivity contribution in [3.8, 4) is 11.1 Å². The van der Waals surface area contributed by atoms with E-state index in [1.165, 1.54) is 0 Å². The van der Waals surface area contributed by atoms with Gasteiger partial charge in [0.1, 0.15) is 0 Å². The van der Waals surface area contributed by atoms with Gasteiger partial charge in [0.15, 0.2) is 0 Å². The molecule has 0 saturated heterocycles. The van der Waals surface area contributed by atoms with Crippen LogP contribution < -0.4 is 5.73 Å². The van der Waals surface area contributed by atoms with Gasteiger partial charge in [0.25, 0.3) is 0 Å². The Morgan fingerprint density at radius 1 is 1.05 bits per heavy atom. The van der Waals surface area contributed by atoms with Gasteiger partial charge in [-0.05, 0) is 29.5 Å². The molecule has 0 spiro atoms. The summed E-state index contributed by atoms with van der Waals surface area (Å²) in [5.41, 5.74) is 8.46. The van der Waals surface area contributed by atoms with Gasteiger partial charge in [-0.2, -0.15) is 0 Å². The lowest BCUT2D eigenvalue weighted by atomic mass is 9.88. The van der Waals surface area contributed by atoms with Gasteiger partial charge in [0.2, 0.25) is 0 Å². The minimum Gasteiger partial charge on any atom is -0.481 e. The summed E-state index contributed by atoms with van der Waals surface area (Å²) in [6.45, 7) is 0. The van der Waals surface area contributed by atoms with Crippen LogP contribution in [-0.4, -0.2) is 16.6 Å². The third kappa shape index (κ3) is 2.32. The van der Waals surface area contributed by atoms with Crippen molar-refractivity contribution in [2.75, 3.05) is 0 Å². The zero-order valence-corrected chi connectivity index (χ0v) is 11.1. The summed E-state index contributed by atoms with van der Waals surface area (Å²) < 4.78 is 0. The van der Waals surface area contributed by atoms with Gasteiger partial charge in [0, 0.05) is 5.54 Å². The predicted molar refractivity (Wildman–Crippen MR) is 78.4 cm³/mol. The number of carbonyl (C=O) groups is 1. The fraction of sp³-hybridized carbons (Fsp3) is 0.235. The van der Waals surface area contributed by atoms with E-state index in [0.717, 1.165) is 29.5 Å². The molecule has 1 unspecified atom stereocenters. The average Bonchev–Trinajstić information content (AvgIpc) is 3.18.